The highest BCUT2D eigenvalue weighted by atomic mass is 32.1. The van der Waals surface area contributed by atoms with Crippen LogP contribution >= 0.6 is 11.3 Å². The van der Waals surface area contributed by atoms with Crippen LogP contribution in [-0.4, -0.2) is 17.3 Å². The van der Waals surface area contributed by atoms with E-state index in [0.717, 1.165) is 30.9 Å². The Balaban J connectivity index is 2.10. The first kappa shape index (κ1) is 10.4. The van der Waals surface area contributed by atoms with Crippen molar-refractivity contribution in [1.29, 1.82) is 0 Å². The lowest BCUT2D eigenvalue weighted by Crippen LogP contribution is -2.02. The number of nitrogens with one attached hydrogen (secondary N) is 1. The van der Waals surface area contributed by atoms with Gasteiger partial charge in [-0.3, -0.25) is 4.79 Å². The van der Waals surface area contributed by atoms with Gasteiger partial charge >= 0.3 is 0 Å². The zero-order chi connectivity index (χ0) is 10.8. The average Bonchev–Trinajstić information content (AvgIpc) is 2.99. The molecule has 1 saturated carbocycles. The van der Waals surface area contributed by atoms with E-state index in [4.69, 9.17) is 5.73 Å². The molecule has 1 aromatic heterocycles. The lowest BCUT2D eigenvalue weighted by Gasteiger charge is -1.96. The molecule has 1 aliphatic rings. The van der Waals surface area contributed by atoms with Crippen LogP contribution in [0, 0.1) is 5.92 Å². The number of aromatic nitrogens is 1. The normalized spacial score (nSPS) is 15.3. The summed E-state index contributed by atoms with van der Waals surface area (Å²) in [5, 5.41) is 3.91. The van der Waals surface area contributed by atoms with E-state index in [-0.39, 0.29) is 11.7 Å². The summed E-state index contributed by atoms with van der Waals surface area (Å²) in [7, 11) is 0. The van der Waals surface area contributed by atoms with Crippen molar-refractivity contribution in [2.24, 2.45) is 5.92 Å². The van der Waals surface area contributed by atoms with Crippen LogP contribution in [0.3, 0.4) is 0 Å². The van der Waals surface area contributed by atoms with Crippen LogP contribution in [-0.2, 0) is 0 Å². The Morgan fingerprint density at radius 2 is 2.40 bits per heavy atom. The summed E-state index contributed by atoms with van der Waals surface area (Å²) in [5.41, 5.74) is 5.72. The van der Waals surface area contributed by atoms with E-state index in [9.17, 15) is 4.79 Å². The SMILES string of the molecule is CCCNc1nc(N)c(C(=O)C2CC2)s1. The zero-order valence-electron chi connectivity index (χ0n) is 8.75. The van der Waals surface area contributed by atoms with Crippen LogP contribution in [0.15, 0.2) is 0 Å². The Labute approximate surface area is 92.9 Å². The minimum absolute atomic E-state index is 0.176. The Morgan fingerprint density at radius 1 is 1.67 bits per heavy atom. The molecular weight excluding hydrogens is 210 g/mol. The molecule has 1 heterocycles. The van der Waals surface area contributed by atoms with Crippen molar-refractivity contribution >= 4 is 28.1 Å². The van der Waals surface area contributed by atoms with E-state index in [1.54, 1.807) is 0 Å². The van der Waals surface area contributed by atoms with Crippen molar-refractivity contribution in [3.63, 3.8) is 0 Å². The lowest BCUT2D eigenvalue weighted by atomic mass is 10.2. The van der Waals surface area contributed by atoms with Gasteiger partial charge in [-0.05, 0) is 19.3 Å². The van der Waals surface area contributed by atoms with Crippen LogP contribution in [0.4, 0.5) is 10.9 Å². The fourth-order valence-electron chi connectivity index (χ4n) is 1.35. The third kappa shape index (κ3) is 2.28. The van der Waals surface area contributed by atoms with Gasteiger partial charge in [0, 0.05) is 12.5 Å². The molecule has 0 amide bonds. The standard InChI is InChI=1S/C10H15N3OS/c1-2-5-12-10-13-9(11)8(15-10)7(14)6-3-4-6/h6H,2-5,11H2,1H3,(H,12,13). The molecule has 1 fully saturated rings. The van der Waals surface area contributed by atoms with Crippen LogP contribution in [0.2, 0.25) is 0 Å². The molecule has 82 valence electrons. The molecule has 1 aromatic rings. The fraction of sp³-hybridized carbons (Fsp3) is 0.600. The monoisotopic (exact) mass is 225 g/mol. The summed E-state index contributed by atoms with van der Waals surface area (Å²) >= 11 is 1.38. The van der Waals surface area contributed by atoms with Gasteiger partial charge in [-0.2, -0.15) is 0 Å². The maximum Gasteiger partial charge on any atom is 0.185 e. The summed E-state index contributed by atoms with van der Waals surface area (Å²) in [6.07, 6.45) is 3.05. The molecule has 0 bridgehead atoms. The second kappa shape index (κ2) is 4.18. The number of hydrogen-bond acceptors (Lipinski definition) is 5. The van der Waals surface area contributed by atoms with E-state index in [0.29, 0.717) is 10.7 Å². The second-order valence-corrected chi connectivity index (χ2v) is 4.80. The average molecular weight is 225 g/mol. The smallest absolute Gasteiger partial charge is 0.185 e. The molecule has 5 heteroatoms. The van der Waals surface area contributed by atoms with Gasteiger partial charge in [-0.25, -0.2) is 4.98 Å². The van der Waals surface area contributed by atoms with Crippen molar-refractivity contribution in [3.05, 3.63) is 4.88 Å². The number of thiazole rings is 1. The summed E-state index contributed by atoms with van der Waals surface area (Å²) in [6.45, 7) is 2.95. The molecule has 0 aliphatic heterocycles. The Hall–Kier alpha value is -1.10. The van der Waals surface area contributed by atoms with Crippen molar-refractivity contribution in [3.8, 4) is 0 Å². The highest BCUT2D eigenvalue weighted by Crippen LogP contribution is 2.37. The molecular formula is C10H15N3OS. The predicted octanol–water partition coefficient (Wildman–Crippen LogP) is 2.14. The Morgan fingerprint density at radius 3 is 3.00 bits per heavy atom. The molecule has 4 nitrogen and oxygen atoms in total. The first-order valence-corrected chi connectivity index (χ1v) is 6.08. The maximum atomic E-state index is 11.8. The summed E-state index contributed by atoms with van der Waals surface area (Å²) in [4.78, 5) is 16.6. The van der Waals surface area contributed by atoms with Gasteiger partial charge in [0.05, 0.1) is 0 Å². The molecule has 0 radical (unpaired) electrons. The molecule has 0 atom stereocenters. The zero-order valence-corrected chi connectivity index (χ0v) is 9.56. The molecule has 1 aliphatic carbocycles. The first-order chi connectivity index (χ1) is 7.22. The van der Waals surface area contributed by atoms with Gasteiger partial charge in [-0.1, -0.05) is 18.3 Å². The van der Waals surface area contributed by atoms with Crippen molar-refractivity contribution < 1.29 is 4.79 Å². The predicted molar refractivity (Wildman–Crippen MR) is 62.4 cm³/mol. The van der Waals surface area contributed by atoms with Crippen LogP contribution < -0.4 is 11.1 Å². The van der Waals surface area contributed by atoms with E-state index < -0.39 is 0 Å². The minimum Gasteiger partial charge on any atom is -0.382 e. The molecule has 0 aromatic carbocycles. The number of ketones is 1. The Kier molecular flexibility index (Phi) is 2.90. The van der Waals surface area contributed by atoms with E-state index in [1.165, 1.54) is 11.3 Å². The Bertz CT molecular complexity index is 371. The number of rotatable bonds is 5. The lowest BCUT2D eigenvalue weighted by molar-refractivity contribution is 0.0972. The number of anilines is 2. The minimum atomic E-state index is 0.176. The highest BCUT2D eigenvalue weighted by Gasteiger charge is 2.33. The molecule has 15 heavy (non-hydrogen) atoms. The van der Waals surface area contributed by atoms with Crippen LogP contribution in [0.5, 0.6) is 0 Å². The summed E-state index contributed by atoms with van der Waals surface area (Å²) < 4.78 is 0. The summed E-state index contributed by atoms with van der Waals surface area (Å²) in [5.74, 6) is 0.775. The number of nitrogen functional groups attached to an aromatic ring is 1. The first-order valence-electron chi connectivity index (χ1n) is 5.26. The van der Waals surface area contributed by atoms with Crippen molar-refractivity contribution in [1.82, 2.24) is 4.98 Å². The van der Waals surface area contributed by atoms with Gasteiger partial charge in [-0.15, -0.1) is 0 Å². The van der Waals surface area contributed by atoms with Crippen LogP contribution in [0.25, 0.3) is 0 Å². The van der Waals surface area contributed by atoms with E-state index in [1.807, 2.05) is 0 Å². The molecule has 0 saturated heterocycles. The number of hydrogen-bond donors (Lipinski definition) is 2. The van der Waals surface area contributed by atoms with Gasteiger partial charge in [0.25, 0.3) is 0 Å². The number of nitrogens with two attached hydrogens (primary N) is 1. The van der Waals surface area contributed by atoms with Gasteiger partial charge < -0.3 is 11.1 Å². The number of nitrogens with zero attached hydrogens (tertiary/aromatic N) is 1. The number of carbonyl (C=O) groups excluding carboxylic acids is 1. The largest absolute Gasteiger partial charge is 0.382 e. The molecule has 3 N–H and O–H groups in total. The number of carbonyl (C=O) groups is 1. The number of Topliss-reactive ketones (excluding diaryl/α,β-unsaturated/α-hetero) is 1. The van der Waals surface area contributed by atoms with Gasteiger partial charge in [0.15, 0.2) is 10.9 Å². The topological polar surface area (TPSA) is 68.0 Å². The van der Waals surface area contributed by atoms with Gasteiger partial charge in [0.1, 0.15) is 10.7 Å². The quantitative estimate of drug-likeness (QED) is 0.753. The van der Waals surface area contributed by atoms with Crippen molar-refractivity contribution in [2.75, 3.05) is 17.6 Å². The van der Waals surface area contributed by atoms with Gasteiger partial charge in [0.2, 0.25) is 0 Å². The van der Waals surface area contributed by atoms with E-state index >= 15 is 0 Å². The van der Waals surface area contributed by atoms with Crippen LogP contribution in [0.1, 0.15) is 35.9 Å². The molecule has 2 rings (SSSR count). The van der Waals surface area contributed by atoms with E-state index in [2.05, 4.69) is 17.2 Å². The highest BCUT2D eigenvalue weighted by molar-refractivity contribution is 7.18. The molecule has 0 unspecified atom stereocenters. The summed E-state index contributed by atoms with van der Waals surface area (Å²) in [6, 6.07) is 0. The van der Waals surface area contributed by atoms with Crippen molar-refractivity contribution in [2.45, 2.75) is 26.2 Å². The molecule has 0 spiro atoms. The fourth-order valence-corrected chi connectivity index (χ4v) is 2.28. The maximum absolute atomic E-state index is 11.8. The second-order valence-electron chi connectivity index (χ2n) is 3.80. The third-order valence-corrected chi connectivity index (χ3v) is 3.39. The third-order valence-electron chi connectivity index (χ3n) is 2.35.